The molecule has 1 aromatic heterocycles. The van der Waals surface area contributed by atoms with E-state index in [0.29, 0.717) is 16.9 Å². The molecule has 0 unspecified atom stereocenters. The van der Waals surface area contributed by atoms with E-state index >= 15 is 0 Å². The fourth-order valence-electron chi connectivity index (χ4n) is 3.01. The highest BCUT2D eigenvalue weighted by molar-refractivity contribution is 5.60. The highest BCUT2D eigenvalue weighted by Gasteiger charge is 2.18. The van der Waals surface area contributed by atoms with Crippen LogP contribution in [0.3, 0.4) is 0 Å². The predicted octanol–water partition coefficient (Wildman–Crippen LogP) is 5.09. The van der Waals surface area contributed by atoms with E-state index in [9.17, 15) is 20.0 Å². The van der Waals surface area contributed by atoms with Gasteiger partial charge < -0.3 is 9.84 Å². The van der Waals surface area contributed by atoms with Crippen LogP contribution in [-0.4, -0.2) is 14.6 Å². The summed E-state index contributed by atoms with van der Waals surface area (Å²) in [5, 5.41) is 29.6. The van der Waals surface area contributed by atoms with Gasteiger partial charge in [-0.1, -0.05) is 30.3 Å². The maximum atomic E-state index is 12.6. The molecule has 0 spiro atoms. The number of aromatic hydroxyl groups is 1. The average molecular weight is 422 g/mol. The molecule has 0 aliphatic rings. The molecule has 160 valence electrons. The average Bonchev–Trinajstić information content (AvgIpc) is 2.77. The third-order valence-corrected chi connectivity index (χ3v) is 4.92. The van der Waals surface area contributed by atoms with Gasteiger partial charge in [0.2, 0.25) is 0 Å². The van der Waals surface area contributed by atoms with Crippen LogP contribution in [0.25, 0.3) is 0 Å². The number of hydrogen-bond acceptors (Lipinski definition) is 7. The van der Waals surface area contributed by atoms with Gasteiger partial charge in [-0.05, 0) is 44.0 Å². The Morgan fingerprint density at radius 2 is 1.81 bits per heavy atom. The number of pyridine rings is 1. The maximum Gasteiger partial charge on any atom is 0.300 e. The van der Waals surface area contributed by atoms with Crippen LogP contribution in [0.4, 0.5) is 17.1 Å². The standard InChI is InChI=1S/C22H22N4O5/c1-4-25-21(27)15(3)14(2)20(22(25)28)24-23-18-11-10-17(12-19(18)26(29)30)31-13-16-8-6-5-7-9-16/h5-12,27H,4,13H2,1-3H3. The molecule has 0 atom stereocenters. The zero-order valence-corrected chi connectivity index (χ0v) is 17.4. The molecule has 3 rings (SSSR count). The molecule has 0 amide bonds. The fourth-order valence-corrected chi connectivity index (χ4v) is 3.01. The van der Waals surface area contributed by atoms with E-state index in [1.807, 2.05) is 30.3 Å². The maximum absolute atomic E-state index is 12.6. The summed E-state index contributed by atoms with van der Waals surface area (Å²) in [5.74, 6) is 0.189. The number of azo groups is 1. The summed E-state index contributed by atoms with van der Waals surface area (Å²) in [6.07, 6.45) is 0. The Morgan fingerprint density at radius 3 is 2.45 bits per heavy atom. The van der Waals surface area contributed by atoms with E-state index in [-0.39, 0.29) is 36.1 Å². The van der Waals surface area contributed by atoms with Crippen molar-refractivity contribution in [3.63, 3.8) is 0 Å². The monoisotopic (exact) mass is 422 g/mol. The molecule has 0 aliphatic carbocycles. The van der Waals surface area contributed by atoms with Crippen LogP contribution in [0, 0.1) is 24.0 Å². The van der Waals surface area contributed by atoms with Gasteiger partial charge in [-0.25, -0.2) is 0 Å². The second kappa shape index (κ2) is 9.21. The third kappa shape index (κ3) is 4.61. The number of benzene rings is 2. The lowest BCUT2D eigenvalue weighted by Crippen LogP contribution is -2.20. The molecule has 3 aromatic rings. The molecule has 0 saturated heterocycles. The number of aromatic nitrogens is 1. The topological polar surface area (TPSA) is 119 Å². The molecule has 1 N–H and O–H groups in total. The molecule has 2 aromatic carbocycles. The Kier molecular flexibility index (Phi) is 6.44. The summed E-state index contributed by atoms with van der Waals surface area (Å²) < 4.78 is 6.81. The summed E-state index contributed by atoms with van der Waals surface area (Å²) in [7, 11) is 0. The van der Waals surface area contributed by atoms with Crippen LogP contribution < -0.4 is 10.3 Å². The molecule has 0 fully saturated rings. The van der Waals surface area contributed by atoms with Gasteiger partial charge in [-0.3, -0.25) is 19.5 Å². The minimum Gasteiger partial charge on any atom is -0.494 e. The smallest absolute Gasteiger partial charge is 0.300 e. The highest BCUT2D eigenvalue weighted by atomic mass is 16.6. The summed E-state index contributed by atoms with van der Waals surface area (Å²) >= 11 is 0. The molecule has 0 aliphatic heterocycles. The zero-order chi connectivity index (χ0) is 22.5. The van der Waals surface area contributed by atoms with Gasteiger partial charge in [0.05, 0.1) is 11.0 Å². The Bertz CT molecular complexity index is 1200. The van der Waals surface area contributed by atoms with Gasteiger partial charge in [0.1, 0.15) is 12.4 Å². The lowest BCUT2D eigenvalue weighted by atomic mass is 10.1. The highest BCUT2D eigenvalue weighted by Crippen LogP contribution is 2.33. The molecule has 0 saturated carbocycles. The minimum atomic E-state index is -0.580. The van der Waals surface area contributed by atoms with Gasteiger partial charge >= 0.3 is 0 Å². The van der Waals surface area contributed by atoms with Crippen LogP contribution in [0.1, 0.15) is 23.6 Å². The van der Waals surface area contributed by atoms with Crippen LogP contribution >= 0.6 is 0 Å². The lowest BCUT2D eigenvalue weighted by Gasteiger charge is -2.12. The van der Waals surface area contributed by atoms with Gasteiger partial charge in [0.15, 0.2) is 17.3 Å². The van der Waals surface area contributed by atoms with Crippen LogP contribution in [0.5, 0.6) is 11.6 Å². The van der Waals surface area contributed by atoms with Crippen molar-refractivity contribution in [2.45, 2.75) is 33.9 Å². The van der Waals surface area contributed by atoms with Crippen LogP contribution in [0.2, 0.25) is 0 Å². The van der Waals surface area contributed by atoms with Crippen molar-refractivity contribution in [1.82, 2.24) is 4.57 Å². The second-order valence-electron chi connectivity index (χ2n) is 6.85. The SMILES string of the molecule is CCn1c(O)c(C)c(C)c(N=Nc2ccc(OCc3ccccc3)cc2[N+](=O)[O-])c1=O. The molecule has 1 heterocycles. The zero-order valence-electron chi connectivity index (χ0n) is 17.4. The van der Waals surface area contributed by atoms with Crippen molar-refractivity contribution in [3.05, 3.63) is 85.7 Å². The van der Waals surface area contributed by atoms with E-state index in [4.69, 9.17) is 4.74 Å². The molecular formula is C22H22N4O5. The molecule has 9 nitrogen and oxygen atoms in total. The quantitative estimate of drug-likeness (QED) is 0.323. The van der Waals surface area contributed by atoms with Gasteiger partial charge in [0, 0.05) is 12.1 Å². The summed E-state index contributed by atoms with van der Waals surface area (Å²) in [4.78, 5) is 23.6. The van der Waals surface area contributed by atoms with Crippen molar-refractivity contribution in [1.29, 1.82) is 0 Å². The Hall–Kier alpha value is -4.01. The summed E-state index contributed by atoms with van der Waals surface area (Å²) in [5.41, 5.74) is 1.09. The largest absolute Gasteiger partial charge is 0.494 e. The Morgan fingerprint density at radius 1 is 1.10 bits per heavy atom. The van der Waals surface area contributed by atoms with E-state index < -0.39 is 10.5 Å². The first-order valence-electron chi connectivity index (χ1n) is 9.63. The first-order chi connectivity index (χ1) is 14.8. The lowest BCUT2D eigenvalue weighted by molar-refractivity contribution is -0.384. The number of hydrogen-bond donors (Lipinski definition) is 1. The Balaban J connectivity index is 1.93. The minimum absolute atomic E-state index is 0.00959. The molecule has 9 heteroatoms. The summed E-state index contributed by atoms with van der Waals surface area (Å²) in [6.45, 7) is 5.54. The van der Waals surface area contributed by atoms with E-state index in [1.54, 1.807) is 26.8 Å². The summed E-state index contributed by atoms with van der Waals surface area (Å²) in [6, 6.07) is 13.7. The number of nitrogens with zero attached hydrogens (tertiary/aromatic N) is 4. The van der Waals surface area contributed by atoms with Gasteiger partial charge in [0.25, 0.3) is 11.2 Å². The molecule has 0 radical (unpaired) electrons. The van der Waals surface area contributed by atoms with E-state index in [1.165, 1.54) is 16.7 Å². The number of nitro benzene ring substituents is 1. The van der Waals surface area contributed by atoms with Crippen molar-refractivity contribution in [2.75, 3.05) is 0 Å². The van der Waals surface area contributed by atoms with E-state index in [2.05, 4.69) is 10.2 Å². The number of ether oxygens (including phenoxy) is 1. The first kappa shape index (κ1) is 21.7. The second-order valence-corrected chi connectivity index (χ2v) is 6.85. The van der Waals surface area contributed by atoms with Crippen LogP contribution in [0.15, 0.2) is 63.6 Å². The van der Waals surface area contributed by atoms with Crippen LogP contribution in [-0.2, 0) is 13.2 Å². The fraction of sp³-hybridized carbons (Fsp3) is 0.227. The normalized spacial score (nSPS) is 11.1. The van der Waals surface area contributed by atoms with Crippen molar-refractivity contribution < 1.29 is 14.8 Å². The molecular weight excluding hydrogens is 400 g/mol. The molecule has 0 bridgehead atoms. The van der Waals surface area contributed by atoms with Gasteiger partial charge in [-0.15, -0.1) is 10.2 Å². The van der Waals surface area contributed by atoms with Crippen molar-refractivity contribution in [3.8, 4) is 11.6 Å². The van der Waals surface area contributed by atoms with Crippen molar-refractivity contribution >= 4 is 17.1 Å². The number of nitro groups is 1. The molecule has 31 heavy (non-hydrogen) atoms. The third-order valence-electron chi connectivity index (χ3n) is 4.92. The van der Waals surface area contributed by atoms with E-state index in [0.717, 1.165) is 5.56 Å². The van der Waals surface area contributed by atoms with Crippen molar-refractivity contribution in [2.24, 2.45) is 10.2 Å². The first-order valence-corrected chi connectivity index (χ1v) is 9.63. The predicted molar refractivity (Wildman–Crippen MR) is 116 cm³/mol. The number of rotatable bonds is 7. The Labute approximate surface area is 178 Å². The van der Waals surface area contributed by atoms with Gasteiger partial charge in [-0.2, -0.15) is 0 Å².